The Labute approximate surface area is 198 Å². The van der Waals surface area contributed by atoms with Gasteiger partial charge in [0, 0.05) is 17.8 Å². The SMILES string of the molecule is CC[C@@H](C(=O)NC(C)(C)C)N(CCc1ccccc1)C(=O)CSCc1cc(C)cc(C)c1. The molecule has 0 fully saturated rings. The van der Waals surface area contributed by atoms with Gasteiger partial charge in [0.1, 0.15) is 6.04 Å². The molecule has 5 heteroatoms. The van der Waals surface area contributed by atoms with E-state index in [1.165, 1.54) is 22.3 Å². The van der Waals surface area contributed by atoms with Crippen LogP contribution >= 0.6 is 11.8 Å². The second-order valence-corrected chi connectivity index (χ2v) is 10.5. The third-order valence-corrected chi connectivity index (χ3v) is 6.13. The average molecular weight is 455 g/mol. The molecular formula is C27H38N2O2S. The molecule has 0 aliphatic rings. The predicted molar refractivity (Wildman–Crippen MR) is 136 cm³/mol. The summed E-state index contributed by atoms with van der Waals surface area (Å²) in [5.74, 6) is 1.08. The van der Waals surface area contributed by atoms with Crippen LogP contribution < -0.4 is 5.32 Å². The van der Waals surface area contributed by atoms with Crippen LogP contribution in [-0.4, -0.2) is 40.6 Å². The van der Waals surface area contributed by atoms with E-state index < -0.39 is 6.04 Å². The van der Waals surface area contributed by atoms with Gasteiger partial charge in [-0.15, -0.1) is 11.8 Å². The summed E-state index contributed by atoms with van der Waals surface area (Å²) in [5.41, 5.74) is 4.53. The van der Waals surface area contributed by atoms with Gasteiger partial charge in [-0.3, -0.25) is 9.59 Å². The summed E-state index contributed by atoms with van der Waals surface area (Å²) in [6.45, 7) is 12.6. The zero-order valence-electron chi connectivity index (χ0n) is 20.4. The van der Waals surface area contributed by atoms with Crippen molar-refractivity contribution in [2.45, 2.75) is 71.7 Å². The van der Waals surface area contributed by atoms with Crippen molar-refractivity contribution in [1.82, 2.24) is 10.2 Å². The van der Waals surface area contributed by atoms with Crippen LogP contribution in [0.2, 0.25) is 0 Å². The van der Waals surface area contributed by atoms with Crippen LogP contribution in [0.15, 0.2) is 48.5 Å². The zero-order chi connectivity index (χ0) is 23.7. The van der Waals surface area contributed by atoms with E-state index in [0.29, 0.717) is 18.7 Å². The van der Waals surface area contributed by atoms with Gasteiger partial charge in [0.05, 0.1) is 5.75 Å². The van der Waals surface area contributed by atoms with Crippen molar-refractivity contribution in [3.8, 4) is 0 Å². The molecule has 1 atom stereocenters. The molecule has 2 aromatic rings. The second kappa shape index (κ2) is 12.1. The van der Waals surface area contributed by atoms with Crippen LogP contribution in [0.25, 0.3) is 0 Å². The van der Waals surface area contributed by atoms with Crippen molar-refractivity contribution < 1.29 is 9.59 Å². The summed E-state index contributed by atoms with van der Waals surface area (Å²) < 4.78 is 0. The predicted octanol–water partition coefficient (Wildman–Crippen LogP) is 5.30. The topological polar surface area (TPSA) is 49.4 Å². The Morgan fingerprint density at radius 1 is 1.00 bits per heavy atom. The third kappa shape index (κ3) is 8.70. The van der Waals surface area contributed by atoms with Gasteiger partial charge in [-0.05, 0) is 58.6 Å². The molecule has 32 heavy (non-hydrogen) atoms. The van der Waals surface area contributed by atoms with Crippen molar-refractivity contribution in [3.63, 3.8) is 0 Å². The number of carbonyl (C=O) groups is 2. The Kier molecular flexibility index (Phi) is 9.83. The fourth-order valence-electron chi connectivity index (χ4n) is 3.84. The minimum Gasteiger partial charge on any atom is -0.350 e. The summed E-state index contributed by atoms with van der Waals surface area (Å²) in [6.07, 6.45) is 1.32. The maximum Gasteiger partial charge on any atom is 0.243 e. The molecule has 2 aromatic carbocycles. The normalized spacial score (nSPS) is 12.3. The highest BCUT2D eigenvalue weighted by Crippen LogP contribution is 2.18. The summed E-state index contributed by atoms with van der Waals surface area (Å²) in [7, 11) is 0. The first-order chi connectivity index (χ1) is 15.1. The summed E-state index contributed by atoms with van der Waals surface area (Å²) in [6, 6.07) is 16.2. The number of nitrogens with one attached hydrogen (secondary N) is 1. The monoisotopic (exact) mass is 454 g/mol. The highest BCUT2D eigenvalue weighted by atomic mass is 32.2. The van der Waals surface area contributed by atoms with Gasteiger partial charge in [0.2, 0.25) is 11.8 Å². The van der Waals surface area contributed by atoms with E-state index in [-0.39, 0.29) is 17.4 Å². The van der Waals surface area contributed by atoms with Gasteiger partial charge >= 0.3 is 0 Å². The Morgan fingerprint density at radius 3 is 2.19 bits per heavy atom. The van der Waals surface area contributed by atoms with E-state index in [1.807, 2.05) is 45.9 Å². The molecule has 0 saturated heterocycles. The van der Waals surface area contributed by atoms with Crippen LogP contribution in [0.1, 0.15) is 56.4 Å². The number of benzene rings is 2. The van der Waals surface area contributed by atoms with E-state index in [0.717, 1.165) is 12.2 Å². The van der Waals surface area contributed by atoms with Crippen molar-refractivity contribution in [1.29, 1.82) is 0 Å². The van der Waals surface area contributed by atoms with Crippen molar-refractivity contribution in [3.05, 3.63) is 70.8 Å². The van der Waals surface area contributed by atoms with Gasteiger partial charge in [0.25, 0.3) is 0 Å². The van der Waals surface area contributed by atoms with Crippen molar-refractivity contribution >= 4 is 23.6 Å². The Hall–Kier alpha value is -2.27. The van der Waals surface area contributed by atoms with E-state index in [2.05, 4.69) is 49.5 Å². The summed E-state index contributed by atoms with van der Waals surface area (Å²) in [4.78, 5) is 28.1. The molecule has 4 nitrogen and oxygen atoms in total. The molecule has 0 radical (unpaired) electrons. The number of rotatable bonds is 10. The van der Waals surface area contributed by atoms with Crippen LogP contribution in [0.4, 0.5) is 0 Å². The summed E-state index contributed by atoms with van der Waals surface area (Å²) >= 11 is 1.61. The van der Waals surface area contributed by atoms with Gasteiger partial charge in [-0.2, -0.15) is 0 Å². The molecular weight excluding hydrogens is 416 g/mol. The first kappa shape index (κ1) is 26.0. The van der Waals surface area contributed by atoms with Gasteiger partial charge in [-0.1, -0.05) is 66.6 Å². The minimum absolute atomic E-state index is 0.0196. The van der Waals surface area contributed by atoms with Gasteiger partial charge < -0.3 is 10.2 Å². The maximum absolute atomic E-state index is 13.3. The largest absolute Gasteiger partial charge is 0.350 e. The van der Waals surface area contributed by atoms with Crippen LogP contribution in [0, 0.1) is 13.8 Å². The standard InChI is InChI=1S/C27H38N2O2S/c1-7-24(26(31)28-27(4,5)6)29(14-13-22-11-9-8-10-12-22)25(30)19-32-18-23-16-20(2)15-21(3)17-23/h8-12,15-17,24H,7,13-14,18-19H2,1-6H3,(H,28,31)/t24-/m0/s1. The molecule has 174 valence electrons. The number of nitrogens with zero attached hydrogens (tertiary/aromatic N) is 1. The first-order valence-corrected chi connectivity index (χ1v) is 12.5. The number of carbonyl (C=O) groups excluding carboxylic acids is 2. The molecule has 1 N–H and O–H groups in total. The number of amides is 2. The lowest BCUT2D eigenvalue weighted by atomic mass is 10.1. The highest BCUT2D eigenvalue weighted by Gasteiger charge is 2.30. The number of thioether (sulfide) groups is 1. The lowest BCUT2D eigenvalue weighted by Crippen LogP contribution is -2.54. The molecule has 0 heterocycles. The number of hydrogen-bond acceptors (Lipinski definition) is 3. The fourth-order valence-corrected chi connectivity index (χ4v) is 4.69. The molecule has 0 unspecified atom stereocenters. The quantitative estimate of drug-likeness (QED) is 0.530. The summed E-state index contributed by atoms with van der Waals surface area (Å²) in [5, 5.41) is 3.06. The molecule has 0 spiro atoms. The fraction of sp³-hybridized carbons (Fsp3) is 0.481. The van der Waals surface area contributed by atoms with E-state index in [1.54, 1.807) is 16.7 Å². The second-order valence-electron chi connectivity index (χ2n) is 9.47. The van der Waals surface area contributed by atoms with E-state index in [9.17, 15) is 9.59 Å². The van der Waals surface area contributed by atoms with Gasteiger partial charge in [0.15, 0.2) is 0 Å². The molecule has 0 aromatic heterocycles. The molecule has 0 aliphatic heterocycles. The van der Waals surface area contributed by atoms with Gasteiger partial charge in [-0.25, -0.2) is 0 Å². The smallest absolute Gasteiger partial charge is 0.243 e. The third-order valence-electron chi connectivity index (χ3n) is 5.14. The van der Waals surface area contributed by atoms with Crippen molar-refractivity contribution in [2.24, 2.45) is 0 Å². The van der Waals surface area contributed by atoms with Crippen LogP contribution in [0.3, 0.4) is 0 Å². The van der Waals surface area contributed by atoms with Crippen LogP contribution in [-0.2, 0) is 21.8 Å². The Morgan fingerprint density at radius 2 is 1.62 bits per heavy atom. The molecule has 0 saturated carbocycles. The average Bonchev–Trinajstić information content (AvgIpc) is 2.69. The first-order valence-electron chi connectivity index (χ1n) is 11.4. The maximum atomic E-state index is 13.3. The molecule has 2 amide bonds. The molecule has 0 bridgehead atoms. The highest BCUT2D eigenvalue weighted by molar-refractivity contribution is 7.99. The Bertz CT molecular complexity index is 870. The Balaban J connectivity index is 2.10. The van der Waals surface area contributed by atoms with E-state index >= 15 is 0 Å². The minimum atomic E-state index is -0.466. The van der Waals surface area contributed by atoms with Crippen LogP contribution in [0.5, 0.6) is 0 Å². The number of aryl methyl sites for hydroxylation is 2. The van der Waals surface area contributed by atoms with E-state index in [4.69, 9.17) is 0 Å². The molecule has 2 rings (SSSR count). The van der Waals surface area contributed by atoms with Crippen molar-refractivity contribution in [2.75, 3.05) is 12.3 Å². The molecule has 0 aliphatic carbocycles. The zero-order valence-corrected chi connectivity index (χ0v) is 21.2. The lowest BCUT2D eigenvalue weighted by Gasteiger charge is -2.33. The number of hydrogen-bond donors (Lipinski definition) is 1. The lowest BCUT2D eigenvalue weighted by molar-refractivity contribution is -0.139.